The van der Waals surface area contributed by atoms with Crippen LogP contribution in [-0.4, -0.2) is 48.3 Å². The quantitative estimate of drug-likeness (QED) is 0.716. The number of nitrogens with zero attached hydrogens (tertiary/aromatic N) is 2. The number of urea groups is 1. The average Bonchev–Trinajstić information content (AvgIpc) is 2.65. The van der Waals surface area contributed by atoms with Gasteiger partial charge in [0.15, 0.2) is 0 Å². The summed E-state index contributed by atoms with van der Waals surface area (Å²) < 4.78 is 0. The van der Waals surface area contributed by atoms with Crippen molar-refractivity contribution in [2.24, 2.45) is 0 Å². The first-order valence-electron chi connectivity index (χ1n) is 8.41. The average molecular weight is 410 g/mol. The van der Waals surface area contributed by atoms with Crippen LogP contribution in [0.15, 0.2) is 47.4 Å². The second kappa shape index (κ2) is 9.00. The molecule has 1 heterocycles. The van der Waals surface area contributed by atoms with Gasteiger partial charge in [-0.2, -0.15) is 0 Å². The second-order valence-corrected chi connectivity index (χ2v) is 7.87. The van der Waals surface area contributed by atoms with Crippen molar-refractivity contribution in [2.75, 3.05) is 37.8 Å². The number of nitrogens with one attached hydrogen (secondary N) is 1. The van der Waals surface area contributed by atoms with Crippen LogP contribution < -0.4 is 5.32 Å². The number of rotatable bonds is 4. The zero-order valence-corrected chi connectivity index (χ0v) is 16.9. The van der Waals surface area contributed by atoms with Crippen LogP contribution in [0.4, 0.5) is 10.5 Å². The van der Waals surface area contributed by atoms with Gasteiger partial charge in [0.1, 0.15) is 0 Å². The predicted molar refractivity (Wildman–Crippen MR) is 111 cm³/mol. The number of thioether (sulfide) groups is 1. The van der Waals surface area contributed by atoms with Crippen molar-refractivity contribution >= 4 is 46.7 Å². The van der Waals surface area contributed by atoms with E-state index in [-0.39, 0.29) is 6.03 Å². The highest BCUT2D eigenvalue weighted by molar-refractivity contribution is 7.98. The van der Waals surface area contributed by atoms with E-state index in [1.54, 1.807) is 11.8 Å². The Bertz CT molecular complexity index is 779. The second-order valence-electron chi connectivity index (χ2n) is 6.17. The minimum Gasteiger partial charge on any atom is -0.322 e. The number of piperazine rings is 1. The first kappa shape index (κ1) is 19.4. The Morgan fingerprint density at radius 3 is 2.54 bits per heavy atom. The molecule has 1 N–H and O–H groups in total. The van der Waals surface area contributed by atoms with E-state index >= 15 is 0 Å². The minimum absolute atomic E-state index is 0.0440. The molecule has 7 heteroatoms. The van der Waals surface area contributed by atoms with Crippen molar-refractivity contribution in [3.63, 3.8) is 0 Å². The van der Waals surface area contributed by atoms with Gasteiger partial charge in [0, 0.05) is 43.3 Å². The molecule has 0 saturated carbocycles. The zero-order chi connectivity index (χ0) is 18.5. The highest BCUT2D eigenvalue weighted by atomic mass is 35.5. The van der Waals surface area contributed by atoms with Crippen LogP contribution in [0.5, 0.6) is 0 Å². The van der Waals surface area contributed by atoms with Crippen LogP contribution in [0, 0.1) is 0 Å². The van der Waals surface area contributed by atoms with Gasteiger partial charge in [-0.1, -0.05) is 35.3 Å². The lowest BCUT2D eigenvalue weighted by molar-refractivity contribution is 0.143. The van der Waals surface area contributed by atoms with Crippen LogP contribution in [0.25, 0.3) is 0 Å². The molecule has 138 valence electrons. The summed E-state index contributed by atoms with van der Waals surface area (Å²) in [5.74, 6) is 0. The highest BCUT2D eigenvalue weighted by Gasteiger charge is 2.21. The monoisotopic (exact) mass is 409 g/mol. The zero-order valence-electron chi connectivity index (χ0n) is 14.5. The fourth-order valence-corrected chi connectivity index (χ4v) is 3.69. The van der Waals surface area contributed by atoms with Gasteiger partial charge in [0.25, 0.3) is 0 Å². The van der Waals surface area contributed by atoms with Crippen molar-refractivity contribution in [1.29, 1.82) is 0 Å². The summed E-state index contributed by atoms with van der Waals surface area (Å²) in [6, 6.07) is 13.6. The molecular formula is C19H21Cl2N3OS. The van der Waals surface area contributed by atoms with Gasteiger partial charge < -0.3 is 10.2 Å². The Hall–Kier alpha value is -1.40. The van der Waals surface area contributed by atoms with Crippen LogP contribution in [0.1, 0.15) is 5.56 Å². The van der Waals surface area contributed by atoms with E-state index in [9.17, 15) is 4.79 Å². The molecule has 1 aliphatic rings. The molecule has 2 aromatic rings. The molecular weight excluding hydrogens is 389 g/mol. The van der Waals surface area contributed by atoms with Crippen molar-refractivity contribution < 1.29 is 4.79 Å². The molecule has 0 radical (unpaired) electrons. The van der Waals surface area contributed by atoms with Gasteiger partial charge >= 0.3 is 6.03 Å². The number of hydrogen-bond acceptors (Lipinski definition) is 3. The molecule has 1 saturated heterocycles. The maximum Gasteiger partial charge on any atom is 0.321 e. The van der Waals surface area contributed by atoms with Gasteiger partial charge in [-0.15, -0.1) is 11.8 Å². The SMILES string of the molecule is CSc1cccc(NC(=O)N2CCN(Cc3ccc(Cl)c(Cl)c3)CC2)c1. The molecule has 1 fully saturated rings. The standard InChI is InChI=1S/C19H21Cl2N3OS/c1-26-16-4-2-3-15(12-16)22-19(25)24-9-7-23(8-10-24)13-14-5-6-17(20)18(21)11-14/h2-6,11-12H,7-10,13H2,1H3,(H,22,25). The van der Waals surface area contributed by atoms with E-state index < -0.39 is 0 Å². The summed E-state index contributed by atoms with van der Waals surface area (Å²) in [4.78, 5) is 17.8. The van der Waals surface area contributed by atoms with Crippen molar-refractivity contribution in [3.05, 3.63) is 58.1 Å². The third-order valence-corrected chi connectivity index (χ3v) is 5.84. The number of hydrogen-bond donors (Lipinski definition) is 1. The lowest BCUT2D eigenvalue weighted by Crippen LogP contribution is -2.49. The maximum atomic E-state index is 12.5. The topological polar surface area (TPSA) is 35.6 Å². The first-order chi connectivity index (χ1) is 12.5. The van der Waals surface area contributed by atoms with Gasteiger partial charge in [-0.05, 0) is 42.2 Å². The van der Waals surface area contributed by atoms with E-state index in [1.165, 1.54) is 0 Å². The molecule has 0 aromatic heterocycles. The molecule has 0 bridgehead atoms. The van der Waals surface area contributed by atoms with Gasteiger partial charge in [-0.25, -0.2) is 4.79 Å². The molecule has 0 spiro atoms. The number of carbonyl (C=O) groups is 1. The van der Waals surface area contributed by atoms with Gasteiger partial charge in [-0.3, -0.25) is 4.90 Å². The normalized spacial score (nSPS) is 15.1. The number of carbonyl (C=O) groups excluding carboxylic acids is 1. The van der Waals surface area contributed by atoms with Crippen LogP contribution in [-0.2, 0) is 6.54 Å². The summed E-state index contributed by atoms with van der Waals surface area (Å²) in [7, 11) is 0. The summed E-state index contributed by atoms with van der Waals surface area (Å²) >= 11 is 13.7. The fourth-order valence-electron chi connectivity index (χ4n) is 2.91. The number of amides is 2. The molecule has 2 aromatic carbocycles. The maximum absolute atomic E-state index is 12.5. The molecule has 26 heavy (non-hydrogen) atoms. The number of benzene rings is 2. The smallest absolute Gasteiger partial charge is 0.321 e. The molecule has 3 rings (SSSR count). The highest BCUT2D eigenvalue weighted by Crippen LogP contribution is 2.23. The molecule has 2 amide bonds. The third kappa shape index (κ3) is 5.07. The molecule has 0 unspecified atom stereocenters. The van der Waals surface area contributed by atoms with Crippen molar-refractivity contribution in [2.45, 2.75) is 11.4 Å². The van der Waals surface area contributed by atoms with Crippen LogP contribution in [0.3, 0.4) is 0 Å². The Morgan fingerprint density at radius 2 is 1.85 bits per heavy atom. The predicted octanol–water partition coefficient (Wildman–Crippen LogP) is 5.07. The Balaban J connectivity index is 1.51. The molecule has 0 aliphatic carbocycles. The Morgan fingerprint density at radius 1 is 1.08 bits per heavy atom. The van der Waals surface area contributed by atoms with E-state index in [1.807, 2.05) is 53.6 Å². The van der Waals surface area contributed by atoms with Crippen LogP contribution in [0.2, 0.25) is 10.0 Å². The number of halogens is 2. The lowest BCUT2D eigenvalue weighted by atomic mass is 10.2. The number of anilines is 1. The minimum atomic E-state index is -0.0440. The molecule has 0 atom stereocenters. The summed E-state index contributed by atoms with van der Waals surface area (Å²) in [5, 5.41) is 4.14. The van der Waals surface area contributed by atoms with E-state index in [2.05, 4.69) is 10.2 Å². The summed E-state index contributed by atoms with van der Waals surface area (Å²) in [6.07, 6.45) is 2.02. The van der Waals surface area contributed by atoms with E-state index in [0.29, 0.717) is 23.1 Å². The van der Waals surface area contributed by atoms with Gasteiger partial charge in [0.2, 0.25) is 0 Å². The first-order valence-corrected chi connectivity index (χ1v) is 10.4. The molecule has 4 nitrogen and oxygen atoms in total. The largest absolute Gasteiger partial charge is 0.322 e. The fraction of sp³-hybridized carbons (Fsp3) is 0.316. The third-order valence-electron chi connectivity index (χ3n) is 4.37. The van der Waals surface area contributed by atoms with E-state index in [4.69, 9.17) is 23.2 Å². The Kier molecular flexibility index (Phi) is 6.70. The molecule has 1 aliphatic heterocycles. The van der Waals surface area contributed by atoms with Gasteiger partial charge in [0.05, 0.1) is 10.0 Å². The summed E-state index contributed by atoms with van der Waals surface area (Å²) in [6.45, 7) is 3.88. The lowest BCUT2D eigenvalue weighted by Gasteiger charge is -2.34. The Labute approximate surface area is 168 Å². The van der Waals surface area contributed by atoms with Crippen molar-refractivity contribution in [1.82, 2.24) is 9.80 Å². The van der Waals surface area contributed by atoms with Crippen molar-refractivity contribution in [3.8, 4) is 0 Å². The van der Waals surface area contributed by atoms with Crippen LogP contribution >= 0.6 is 35.0 Å². The summed E-state index contributed by atoms with van der Waals surface area (Å²) in [5.41, 5.74) is 1.96. The van der Waals surface area contributed by atoms with E-state index in [0.717, 1.165) is 35.8 Å².